The fraction of sp³-hybridized carbons (Fsp3) is 0.360. The van der Waals surface area contributed by atoms with Crippen molar-refractivity contribution in [1.82, 2.24) is 29.5 Å². The molecule has 2 fully saturated rings. The van der Waals surface area contributed by atoms with Gasteiger partial charge >= 0.3 is 0 Å². The van der Waals surface area contributed by atoms with Crippen molar-refractivity contribution in [1.29, 1.82) is 0 Å². The van der Waals surface area contributed by atoms with Crippen molar-refractivity contribution in [2.24, 2.45) is 0 Å². The summed E-state index contributed by atoms with van der Waals surface area (Å²) in [5.74, 6) is -0.154. The quantitative estimate of drug-likeness (QED) is 0.396. The Morgan fingerprint density at radius 1 is 1.17 bits per heavy atom. The molecule has 0 aromatic carbocycles. The Hall–Kier alpha value is -3.70. The van der Waals surface area contributed by atoms with E-state index in [2.05, 4.69) is 15.1 Å². The number of aliphatic hydroxyl groups is 1. The third-order valence-electron chi connectivity index (χ3n) is 7.33. The maximum absolute atomic E-state index is 12.7. The van der Waals surface area contributed by atoms with Gasteiger partial charge in [0.2, 0.25) is 5.91 Å². The van der Waals surface area contributed by atoms with E-state index >= 15 is 0 Å². The summed E-state index contributed by atoms with van der Waals surface area (Å²) in [6.45, 7) is 1.01. The molecule has 2 aliphatic rings. The summed E-state index contributed by atoms with van der Waals surface area (Å²) in [6.07, 6.45) is 8.33. The Morgan fingerprint density at radius 3 is 2.56 bits per heavy atom. The maximum Gasteiger partial charge on any atom is 0.248 e. The second-order valence-corrected chi connectivity index (χ2v) is 10.3. The number of carbonyl (C=O) groups is 2. The molecule has 0 saturated carbocycles. The second kappa shape index (κ2) is 8.75. The van der Waals surface area contributed by atoms with Crippen LogP contribution < -0.4 is 5.73 Å². The molecular weight excluding hydrogens is 478 g/mol. The first kappa shape index (κ1) is 22.7. The molecule has 2 saturated heterocycles. The lowest BCUT2D eigenvalue weighted by molar-refractivity contribution is -0.138. The van der Waals surface area contributed by atoms with E-state index in [1.807, 2.05) is 22.4 Å². The van der Waals surface area contributed by atoms with Gasteiger partial charge in [-0.3, -0.25) is 14.6 Å². The molecule has 3 N–H and O–H groups in total. The number of nitrogens with two attached hydrogens (primary N) is 1. The van der Waals surface area contributed by atoms with E-state index in [0.717, 1.165) is 34.7 Å². The van der Waals surface area contributed by atoms with Crippen LogP contribution >= 0.6 is 11.3 Å². The van der Waals surface area contributed by atoms with Gasteiger partial charge in [0.15, 0.2) is 11.4 Å². The lowest BCUT2D eigenvalue weighted by atomic mass is 9.85. The Morgan fingerprint density at radius 2 is 1.94 bits per heavy atom. The molecule has 11 heteroatoms. The molecule has 6 heterocycles. The summed E-state index contributed by atoms with van der Waals surface area (Å²) in [4.78, 5) is 40.7. The average Bonchev–Trinajstić information content (AvgIpc) is 3.62. The zero-order chi connectivity index (χ0) is 25.0. The van der Waals surface area contributed by atoms with Crippen LogP contribution in [0.25, 0.3) is 27.5 Å². The molecule has 0 aliphatic carbocycles. The van der Waals surface area contributed by atoms with Crippen molar-refractivity contribution in [2.45, 2.75) is 50.6 Å². The van der Waals surface area contributed by atoms with E-state index in [-0.39, 0.29) is 35.5 Å². The summed E-state index contributed by atoms with van der Waals surface area (Å²) in [6, 6.07) is 3.92. The first-order valence-electron chi connectivity index (χ1n) is 11.9. The van der Waals surface area contributed by atoms with Crippen molar-refractivity contribution >= 4 is 34.5 Å². The maximum atomic E-state index is 12.7. The molecule has 10 nitrogen and oxygen atoms in total. The summed E-state index contributed by atoms with van der Waals surface area (Å²) >= 11 is 1.53. The number of nitrogens with zero attached hydrogens (tertiary/aromatic N) is 6. The summed E-state index contributed by atoms with van der Waals surface area (Å²) in [7, 11) is 0. The molecule has 184 valence electrons. The first-order chi connectivity index (χ1) is 17.5. The highest BCUT2D eigenvalue weighted by molar-refractivity contribution is 7.13. The summed E-state index contributed by atoms with van der Waals surface area (Å²) in [5, 5.41) is 16.6. The van der Waals surface area contributed by atoms with Crippen molar-refractivity contribution in [3.8, 4) is 21.8 Å². The molecular formula is C25H25N7O3S. The highest BCUT2D eigenvalue weighted by Gasteiger charge is 2.44. The standard InChI is InChI=1S/C25H25N7O3S/c1-13(34)21-22(15-8-16-3-4-17(9-15)31(16)20(35)12-33)30-24-18(11-29-32(24)23(21)26)14-2-5-19(28-10-14)25-27-6-7-36-25/h2,5-7,10-11,15-17,33H,3-4,8-9,12,26H2,1H3. The number of aromatic nitrogens is 5. The number of anilines is 1. The normalized spacial score (nSPS) is 21.3. The van der Waals surface area contributed by atoms with Crippen LogP contribution in [0.4, 0.5) is 5.82 Å². The predicted octanol–water partition coefficient (Wildman–Crippen LogP) is 2.93. The number of carbonyl (C=O) groups excluding carboxylic acids is 2. The van der Waals surface area contributed by atoms with E-state index in [1.54, 1.807) is 18.6 Å². The molecule has 4 aromatic rings. The topological polar surface area (TPSA) is 140 Å². The molecule has 0 radical (unpaired) electrons. The molecule has 2 aliphatic heterocycles. The third kappa shape index (κ3) is 3.58. The SMILES string of the molecule is CC(=O)c1c(C2CC3CCC(C2)N3C(=O)CO)nc2c(-c3ccc(-c4nccs4)nc3)cnn2c1N. The molecule has 0 spiro atoms. The zero-order valence-corrected chi connectivity index (χ0v) is 20.5. The van der Waals surface area contributed by atoms with Gasteiger partial charge in [-0.25, -0.2) is 9.97 Å². The van der Waals surface area contributed by atoms with Crippen LogP contribution in [0.3, 0.4) is 0 Å². The number of nitrogen functional groups attached to an aromatic ring is 1. The molecule has 2 unspecified atom stereocenters. The number of piperidine rings is 1. The van der Waals surface area contributed by atoms with Crippen LogP contribution in [-0.2, 0) is 4.79 Å². The number of hydrogen-bond acceptors (Lipinski definition) is 9. The van der Waals surface area contributed by atoms with Crippen LogP contribution in [-0.4, -0.2) is 65.0 Å². The Kier molecular flexibility index (Phi) is 5.53. The number of rotatable bonds is 5. The highest BCUT2D eigenvalue weighted by atomic mass is 32.1. The molecule has 36 heavy (non-hydrogen) atoms. The smallest absolute Gasteiger partial charge is 0.248 e. The van der Waals surface area contributed by atoms with E-state index in [1.165, 1.54) is 22.8 Å². The minimum atomic E-state index is -0.484. The van der Waals surface area contributed by atoms with Gasteiger partial charge in [-0.1, -0.05) is 6.07 Å². The van der Waals surface area contributed by atoms with Gasteiger partial charge in [0, 0.05) is 46.9 Å². The lowest BCUT2D eigenvalue weighted by Crippen LogP contribution is -2.47. The van der Waals surface area contributed by atoms with Crippen LogP contribution in [0.5, 0.6) is 0 Å². The Labute approximate surface area is 210 Å². The van der Waals surface area contributed by atoms with E-state index in [0.29, 0.717) is 29.7 Å². The van der Waals surface area contributed by atoms with Gasteiger partial charge < -0.3 is 15.7 Å². The predicted molar refractivity (Wildman–Crippen MR) is 134 cm³/mol. The average molecular weight is 504 g/mol. The van der Waals surface area contributed by atoms with Gasteiger partial charge in [0.1, 0.15) is 17.4 Å². The molecule has 6 rings (SSSR count). The van der Waals surface area contributed by atoms with Gasteiger partial charge in [0.25, 0.3) is 0 Å². The Balaban J connectivity index is 1.42. The largest absolute Gasteiger partial charge is 0.387 e. The number of hydrogen-bond donors (Lipinski definition) is 2. The summed E-state index contributed by atoms with van der Waals surface area (Å²) in [5.41, 5.74) is 10.5. The van der Waals surface area contributed by atoms with Crippen LogP contribution in [0.1, 0.15) is 54.6 Å². The lowest BCUT2D eigenvalue weighted by Gasteiger charge is -2.39. The van der Waals surface area contributed by atoms with Crippen molar-refractivity contribution in [2.75, 3.05) is 12.3 Å². The van der Waals surface area contributed by atoms with Gasteiger partial charge in [-0.2, -0.15) is 9.61 Å². The van der Waals surface area contributed by atoms with Crippen molar-refractivity contribution in [3.63, 3.8) is 0 Å². The number of pyridine rings is 1. The Bertz CT molecular complexity index is 1450. The number of amides is 1. The van der Waals surface area contributed by atoms with Crippen molar-refractivity contribution in [3.05, 3.63) is 47.4 Å². The van der Waals surface area contributed by atoms with Crippen LogP contribution in [0, 0.1) is 0 Å². The minimum absolute atomic E-state index is 0.0235. The number of thiazole rings is 1. The molecule has 2 bridgehead atoms. The van der Waals surface area contributed by atoms with Gasteiger partial charge in [-0.05, 0) is 38.7 Å². The number of Topliss-reactive ketones (excluding diaryl/α,β-unsaturated/α-hetero) is 1. The summed E-state index contributed by atoms with van der Waals surface area (Å²) < 4.78 is 1.52. The molecule has 1 amide bonds. The van der Waals surface area contributed by atoms with E-state index in [9.17, 15) is 14.7 Å². The van der Waals surface area contributed by atoms with Gasteiger partial charge in [0.05, 0.1) is 23.1 Å². The molecule has 2 atom stereocenters. The fourth-order valence-electron chi connectivity index (χ4n) is 5.81. The monoisotopic (exact) mass is 503 g/mol. The first-order valence-corrected chi connectivity index (χ1v) is 12.8. The van der Waals surface area contributed by atoms with E-state index in [4.69, 9.17) is 10.7 Å². The number of fused-ring (bicyclic) bond motifs is 3. The zero-order valence-electron chi connectivity index (χ0n) is 19.7. The van der Waals surface area contributed by atoms with Crippen LogP contribution in [0.15, 0.2) is 36.1 Å². The molecule has 4 aromatic heterocycles. The van der Waals surface area contributed by atoms with Crippen molar-refractivity contribution < 1.29 is 14.7 Å². The second-order valence-electron chi connectivity index (χ2n) is 9.39. The van der Waals surface area contributed by atoms with Crippen LogP contribution in [0.2, 0.25) is 0 Å². The van der Waals surface area contributed by atoms with Gasteiger partial charge in [-0.15, -0.1) is 11.3 Å². The minimum Gasteiger partial charge on any atom is -0.387 e. The third-order valence-corrected chi connectivity index (χ3v) is 8.13. The number of aliphatic hydroxyl groups excluding tert-OH is 1. The fourth-order valence-corrected chi connectivity index (χ4v) is 6.43. The number of ketones is 1. The highest BCUT2D eigenvalue weighted by Crippen LogP contribution is 2.44. The van der Waals surface area contributed by atoms with E-state index < -0.39 is 6.61 Å².